The van der Waals surface area contributed by atoms with Gasteiger partial charge in [-0.15, -0.1) is 0 Å². The van der Waals surface area contributed by atoms with Crippen LogP contribution >= 0.6 is 0 Å². The summed E-state index contributed by atoms with van der Waals surface area (Å²) in [6.45, 7) is 0.297. The molecule has 0 fully saturated rings. The van der Waals surface area contributed by atoms with E-state index >= 15 is 0 Å². The van der Waals surface area contributed by atoms with E-state index in [1.807, 2.05) is 18.2 Å². The number of carbonyl (C=O) groups is 2. The molecular formula is C19H20N2O4S. The number of fused-ring (bicyclic) bond motifs is 1. The van der Waals surface area contributed by atoms with Crippen LogP contribution in [0.3, 0.4) is 0 Å². The van der Waals surface area contributed by atoms with Gasteiger partial charge >= 0.3 is 0 Å². The Hall–Kier alpha value is -2.67. The third-order valence-corrected chi connectivity index (χ3v) is 5.31. The van der Waals surface area contributed by atoms with Gasteiger partial charge in [-0.1, -0.05) is 36.4 Å². The molecule has 1 aliphatic rings. The second-order valence-electron chi connectivity index (χ2n) is 6.38. The third kappa shape index (κ3) is 4.11. The predicted octanol–water partition coefficient (Wildman–Crippen LogP) is 2.08. The average molecular weight is 372 g/mol. The summed E-state index contributed by atoms with van der Waals surface area (Å²) in [4.78, 5) is 27.0. The molecule has 0 unspecified atom stereocenters. The minimum Gasteiger partial charge on any atom is -0.324 e. The Morgan fingerprint density at radius 1 is 1.12 bits per heavy atom. The van der Waals surface area contributed by atoms with E-state index in [9.17, 15) is 18.0 Å². The number of benzene rings is 2. The summed E-state index contributed by atoms with van der Waals surface area (Å²) in [6, 6.07) is 15.2. The molecular weight excluding hydrogens is 352 g/mol. The lowest BCUT2D eigenvalue weighted by Gasteiger charge is -2.26. The van der Waals surface area contributed by atoms with E-state index in [2.05, 4.69) is 5.32 Å². The van der Waals surface area contributed by atoms with Crippen LogP contribution in [0.25, 0.3) is 0 Å². The van der Waals surface area contributed by atoms with E-state index in [1.54, 1.807) is 36.4 Å². The summed E-state index contributed by atoms with van der Waals surface area (Å²) < 4.78 is 23.2. The van der Waals surface area contributed by atoms with Crippen molar-refractivity contribution in [3.63, 3.8) is 0 Å². The number of para-hydroxylation sites is 1. The molecule has 0 bridgehead atoms. The standard InChI is InChI=1S/C19H20N2O4S/c1-26(24,25)12-11-17(18(22)20-15-8-3-2-4-9-15)21-13-14-7-5-6-10-16(14)19(21)23/h2-10,17H,11-13H2,1H3,(H,20,22)/t17-/m0/s1. The fraction of sp³-hybridized carbons (Fsp3) is 0.263. The number of sulfone groups is 1. The Morgan fingerprint density at radius 2 is 1.77 bits per heavy atom. The van der Waals surface area contributed by atoms with Gasteiger partial charge in [0.2, 0.25) is 5.91 Å². The van der Waals surface area contributed by atoms with Gasteiger partial charge in [-0.2, -0.15) is 0 Å². The summed E-state index contributed by atoms with van der Waals surface area (Å²) in [5, 5.41) is 2.77. The second kappa shape index (κ2) is 7.29. The normalized spacial score (nSPS) is 14.8. The number of amides is 2. The van der Waals surface area contributed by atoms with Gasteiger partial charge < -0.3 is 10.2 Å². The fourth-order valence-electron chi connectivity index (χ4n) is 3.03. The van der Waals surface area contributed by atoms with Gasteiger partial charge in [0.1, 0.15) is 15.9 Å². The quantitative estimate of drug-likeness (QED) is 0.842. The molecule has 1 atom stereocenters. The maximum absolute atomic E-state index is 12.8. The van der Waals surface area contributed by atoms with Crippen LogP contribution in [0.15, 0.2) is 54.6 Å². The first-order valence-electron chi connectivity index (χ1n) is 8.28. The number of carbonyl (C=O) groups excluding carboxylic acids is 2. The van der Waals surface area contributed by atoms with E-state index in [0.717, 1.165) is 11.8 Å². The summed E-state index contributed by atoms with van der Waals surface area (Å²) in [5.74, 6) is -0.802. The summed E-state index contributed by atoms with van der Waals surface area (Å²) >= 11 is 0. The van der Waals surface area contributed by atoms with E-state index in [-0.39, 0.29) is 24.0 Å². The Kier molecular flexibility index (Phi) is 5.08. The molecule has 1 heterocycles. The Morgan fingerprint density at radius 3 is 2.42 bits per heavy atom. The number of anilines is 1. The summed E-state index contributed by atoms with van der Waals surface area (Å²) in [5.41, 5.74) is 2.00. The summed E-state index contributed by atoms with van der Waals surface area (Å²) in [6.07, 6.45) is 1.18. The molecule has 0 radical (unpaired) electrons. The van der Waals surface area contributed by atoms with E-state index in [0.29, 0.717) is 17.8 Å². The van der Waals surface area contributed by atoms with Crippen molar-refractivity contribution < 1.29 is 18.0 Å². The van der Waals surface area contributed by atoms with E-state index in [1.165, 1.54) is 4.90 Å². The van der Waals surface area contributed by atoms with Crippen molar-refractivity contribution in [3.8, 4) is 0 Å². The Bertz CT molecular complexity index is 926. The molecule has 2 amide bonds. The lowest BCUT2D eigenvalue weighted by Crippen LogP contribution is -2.45. The van der Waals surface area contributed by atoms with E-state index in [4.69, 9.17) is 0 Å². The molecule has 2 aromatic carbocycles. The van der Waals surface area contributed by atoms with Gasteiger partial charge in [-0.25, -0.2) is 8.42 Å². The van der Waals surface area contributed by atoms with E-state index < -0.39 is 15.9 Å². The Balaban J connectivity index is 1.84. The molecule has 1 N–H and O–H groups in total. The van der Waals surface area contributed by atoms with Crippen molar-refractivity contribution in [1.29, 1.82) is 0 Å². The molecule has 0 saturated carbocycles. The number of hydrogen-bond acceptors (Lipinski definition) is 4. The topological polar surface area (TPSA) is 83.6 Å². The molecule has 2 aromatic rings. The molecule has 136 valence electrons. The van der Waals surface area contributed by atoms with Crippen molar-refractivity contribution in [2.45, 2.75) is 19.0 Å². The van der Waals surface area contributed by atoms with Crippen LogP contribution < -0.4 is 5.32 Å². The second-order valence-corrected chi connectivity index (χ2v) is 8.64. The molecule has 26 heavy (non-hydrogen) atoms. The maximum atomic E-state index is 12.8. The highest BCUT2D eigenvalue weighted by Gasteiger charge is 2.36. The van der Waals surface area contributed by atoms with Crippen molar-refractivity contribution in [2.75, 3.05) is 17.3 Å². The highest BCUT2D eigenvalue weighted by atomic mass is 32.2. The first-order valence-corrected chi connectivity index (χ1v) is 10.3. The van der Waals surface area contributed by atoms with Crippen molar-refractivity contribution in [3.05, 3.63) is 65.7 Å². The van der Waals surface area contributed by atoms with Crippen LogP contribution in [0.2, 0.25) is 0 Å². The van der Waals surface area contributed by atoms with Gasteiger partial charge in [0.15, 0.2) is 0 Å². The number of hydrogen-bond donors (Lipinski definition) is 1. The van der Waals surface area contributed by atoms with Crippen LogP contribution in [-0.4, -0.2) is 43.2 Å². The lowest BCUT2D eigenvalue weighted by atomic mass is 10.1. The molecule has 7 heteroatoms. The number of nitrogens with zero attached hydrogens (tertiary/aromatic N) is 1. The zero-order valence-corrected chi connectivity index (χ0v) is 15.2. The minimum absolute atomic E-state index is 0.0528. The monoisotopic (exact) mass is 372 g/mol. The SMILES string of the molecule is CS(=O)(=O)CC[C@@H](C(=O)Nc1ccccc1)N1Cc2ccccc2C1=O. The van der Waals surface area contributed by atoms with Crippen LogP contribution in [0.4, 0.5) is 5.69 Å². The fourth-order valence-corrected chi connectivity index (χ4v) is 3.68. The molecule has 0 spiro atoms. The van der Waals surface area contributed by atoms with Crippen molar-refractivity contribution in [2.24, 2.45) is 0 Å². The number of nitrogens with one attached hydrogen (secondary N) is 1. The first kappa shape index (κ1) is 18.1. The van der Waals surface area contributed by atoms with Crippen LogP contribution in [0.1, 0.15) is 22.3 Å². The van der Waals surface area contributed by atoms with Gasteiger partial charge in [-0.05, 0) is 30.2 Å². The van der Waals surface area contributed by atoms with Gasteiger partial charge in [0.05, 0.1) is 5.75 Å². The molecule has 3 rings (SSSR count). The molecule has 0 saturated heterocycles. The van der Waals surface area contributed by atoms with Gasteiger partial charge in [0, 0.05) is 24.1 Å². The smallest absolute Gasteiger partial charge is 0.255 e. The molecule has 1 aliphatic heterocycles. The highest BCUT2D eigenvalue weighted by Crippen LogP contribution is 2.26. The van der Waals surface area contributed by atoms with Crippen LogP contribution in [0.5, 0.6) is 0 Å². The predicted molar refractivity (Wildman–Crippen MR) is 99.5 cm³/mol. The molecule has 0 aliphatic carbocycles. The average Bonchev–Trinajstić information content (AvgIpc) is 2.92. The largest absolute Gasteiger partial charge is 0.324 e. The number of rotatable bonds is 6. The Labute approximate surface area is 152 Å². The van der Waals surface area contributed by atoms with Gasteiger partial charge in [-0.3, -0.25) is 9.59 Å². The zero-order valence-electron chi connectivity index (χ0n) is 14.4. The highest BCUT2D eigenvalue weighted by molar-refractivity contribution is 7.90. The maximum Gasteiger partial charge on any atom is 0.255 e. The molecule has 6 nitrogen and oxygen atoms in total. The summed E-state index contributed by atoms with van der Waals surface area (Å²) in [7, 11) is -3.26. The van der Waals surface area contributed by atoms with Crippen molar-refractivity contribution >= 4 is 27.3 Å². The van der Waals surface area contributed by atoms with Gasteiger partial charge in [0.25, 0.3) is 5.91 Å². The zero-order chi connectivity index (χ0) is 18.7. The van der Waals surface area contributed by atoms with Crippen LogP contribution in [0, 0.1) is 0 Å². The first-order chi connectivity index (χ1) is 12.3. The third-order valence-electron chi connectivity index (χ3n) is 4.33. The van der Waals surface area contributed by atoms with Crippen LogP contribution in [-0.2, 0) is 21.2 Å². The lowest BCUT2D eigenvalue weighted by molar-refractivity contribution is -0.120. The minimum atomic E-state index is -3.26. The van der Waals surface area contributed by atoms with Crippen molar-refractivity contribution in [1.82, 2.24) is 4.90 Å². The molecule has 0 aromatic heterocycles.